The summed E-state index contributed by atoms with van der Waals surface area (Å²) in [5, 5.41) is 0. The largest absolute Gasteiger partial charge is 0.412 e. The van der Waals surface area contributed by atoms with Crippen LogP contribution in [-0.4, -0.2) is 35.1 Å². The highest BCUT2D eigenvalue weighted by Crippen LogP contribution is 2.22. The average Bonchev–Trinajstić information content (AvgIpc) is 2.29. The second-order valence-electron chi connectivity index (χ2n) is 1.95. The van der Waals surface area contributed by atoms with Crippen molar-refractivity contribution in [3.8, 4) is 0 Å². The Balaban J connectivity index is 0.000000605. The number of aliphatic imine (C=N–C) groups is 4. The van der Waals surface area contributed by atoms with E-state index in [0.29, 0.717) is 5.84 Å². The first-order valence-corrected chi connectivity index (χ1v) is 3.17. The molecule has 0 bridgehead atoms. The number of amidine groups is 1. The maximum atomic E-state index is 4.22. The molecule has 0 aromatic rings. The van der Waals surface area contributed by atoms with Crippen molar-refractivity contribution in [2.24, 2.45) is 20.0 Å². The second-order valence-corrected chi connectivity index (χ2v) is 2.63. The Morgan fingerprint density at radius 1 is 1.36 bits per heavy atom. The zero-order valence-corrected chi connectivity index (χ0v) is 6.36. The fourth-order valence-corrected chi connectivity index (χ4v) is 1.00. The number of nitrogens with zero attached hydrogens (tertiary/aromatic N) is 4. The summed E-state index contributed by atoms with van der Waals surface area (Å²) in [5.41, 5.74) is 0. The molecule has 1 unspecified atom stereocenters. The molecule has 2 N–H and O–H groups in total. The van der Waals surface area contributed by atoms with Crippen LogP contribution in [0.4, 0.5) is 0 Å². The molecular weight excluding hydrogens is 164 g/mol. The number of thiol groups is 1. The Labute approximate surface area is 68.4 Å². The standard InChI is InChI=1S/C5H4N4S.H2O/c10-5-1-6-2-7-4(5)8-3-9-5;/h1-3,10H;1H2. The first-order valence-electron chi connectivity index (χ1n) is 2.72. The first kappa shape index (κ1) is 8.09. The number of rotatable bonds is 0. The highest BCUT2D eigenvalue weighted by atomic mass is 32.1. The van der Waals surface area contributed by atoms with Crippen molar-refractivity contribution in [1.82, 2.24) is 0 Å². The van der Waals surface area contributed by atoms with Gasteiger partial charge in [0.15, 0.2) is 10.7 Å². The normalized spacial score (nSPS) is 31.2. The minimum absolute atomic E-state index is 0. The maximum Gasteiger partial charge on any atom is 0.199 e. The van der Waals surface area contributed by atoms with Gasteiger partial charge in [0.05, 0.1) is 6.21 Å². The van der Waals surface area contributed by atoms with E-state index in [1.807, 2.05) is 0 Å². The van der Waals surface area contributed by atoms with Gasteiger partial charge >= 0.3 is 0 Å². The summed E-state index contributed by atoms with van der Waals surface area (Å²) in [6.07, 6.45) is 4.48. The van der Waals surface area contributed by atoms with E-state index < -0.39 is 4.87 Å². The Kier molecular flexibility index (Phi) is 1.88. The van der Waals surface area contributed by atoms with Crippen LogP contribution in [-0.2, 0) is 0 Å². The van der Waals surface area contributed by atoms with E-state index in [1.54, 1.807) is 6.21 Å². The molecular formula is C5H6N4OS. The lowest BCUT2D eigenvalue weighted by Crippen LogP contribution is -2.30. The molecule has 2 rings (SSSR count). The topological polar surface area (TPSA) is 80.9 Å². The van der Waals surface area contributed by atoms with Gasteiger partial charge in [-0.05, 0) is 0 Å². The van der Waals surface area contributed by atoms with E-state index >= 15 is 0 Å². The molecule has 0 radical (unpaired) electrons. The van der Waals surface area contributed by atoms with E-state index in [2.05, 4.69) is 32.6 Å². The Hall–Kier alpha value is -1.01. The van der Waals surface area contributed by atoms with Crippen LogP contribution in [0.1, 0.15) is 0 Å². The molecule has 2 heterocycles. The molecule has 0 amide bonds. The lowest BCUT2D eigenvalue weighted by molar-refractivity contribution is 0.824. The van der Waals surface area contributed by atoms with Crippen molar-refractivity contribution in [1.29, 1.82) is 0 Å². The van der Waals surface area contributed by atoms with Crippen LogP contribution in [0.5, 0.6) is 0 Å². The molecule has 0 aromatic carbocycles. The minimum atomic E-state index is -0.686. The van der Waals surface area contributed by atoms with Gasteiger partial charge < -0.3 is 5.48 Å². The molecule has 0 saturated heterocycles. The molecule has 0 aliphatic carbocycles. The van der Waals surface area contributed by atoms with Gasteiger partial charge in [-0.2, -0.15) is 0 Å². The van der Waals surface area contributed by atoms with Crippen LogP contribution in [0, 0.1) is 0 Å². The first-order chi connectivity index (χ1) is 4.81. The molecule has 58 valence electrons. The Morgan fingerprint density at radius 2 is 2.18 bits per heavy atom. The zero-order valence-electron chi connectivity index (χ0n) is 5.47. The summed E-state index contributed by atoms with van der Waals surface area (Å²) in [6.45, 7) is 0. The Morgan fingerprint density at radius 3 is 2.91 bits per heavy atom. The van der Waals surface area contributed by atoms with Crippen LogP contribution >= 0.6 is 12.6 Å². The van der Waals surface area contributed by atoms with Crippen LogP contribution in [0.3, 0.4) is 0 Å². The van der Waals surface area contributed by atoms with Crippen LogP contribution in [0.25, 0.3) is 0 Å². The molecule has 2 aliphatic heterocycles. The number of hydrogen-bond acceptors (Lipinski definition) is 5. The van der Waals surface area contributed by atoms with E-state index in [-0.39, 0.29) is 5.48 Å². The fourth-order valence-electron chi connectivity index (χ4n) is 0.769. The lowest BCUT2D eigenvalue weighted by atomic mass is 10.3. The third-order valence-corrected chi connectivity index (χ3v) is 1.70. The van der Waals surface area contributed by atoms with Crippen molar-refractivity contribution in [3.05, 3.63) is 0 Å². The van der Waals surface area contributed by atoms with Crippen molar-refractivity contribution in [3.63, 3.8) is 0 Å². The Bertz CT molecular complexity index is 282. The number of fused-ring (bicyclic) bond motifs is 1. The van der Waals surface area contributed by atoms with Crippen LogP contribution in [0.2, 0.25) is 0 Å². The molecule has 0 saturated carbocycles. The molecule has 6 heteroatoms. The smallest absolute Gasteiger partial charge is 0.199 e. The minimum Gasteiger partial charge on any atom is -0.412 e. The fraction of sp³-hybridized carbons (Fsp3) is 0.200. The van der Waals surface area contributed by atoms with Gasteiger partial charge in [0.25, 0.3) is 0 Å². The van der Waals surface area contributed by atoms with E-state index in [0.717, 1.165) is 0 Å². The third-order valence-electron chi connectivity index (χ3n) is 1.26. The third kappa shape index (κ3) is 1.10. The molecule has 2 aliphatic rings. The molecule has 5 nitrogen and oxygen atoms in total. The number of hydrogen-bond donors (Lipinski definition) is 1. The van der Waals surface area contributed by atoms with Crippen molar-refractivity contribution in [2.75, 3.05) is 0 Å². The maximum absolute atomic E-state index is 4.22. The highest BCUT2D eigenvalue weighted by Gasteiger charge is 2.33. The molecule has 0 fully saturated rings. The van der Waals surface area contributed by atoms with Gasteiger partial charge in [-0.15, -0.1) is 12.6 Å². The summed E-state index contributed by atoms with van der Waals surface area (Å²) in [4.78, 5) is 14.9. The summed E-state index contributed by atoms with van der Waals surface area (Å²) >= 11 is 4.22. The van der Waals surface area contributed by atoms with E-state index in [1.165, 1.54) is 12.7 Å². The van der Waals surface area contributed by atoms with Gasteiger partial charge in [0.1, 0.15) is 12.7 Å². The molecule has 1 atom stereocenters. The van der Waals surface area contributed by atoms with Gasteiger partial charge in [0, 0.05) is 0 Å². The lowest BCUT2D eigenvalue weighted by Gasteiger charge is -2.14. The van der Waals surface area contributed by atoms with Crippen LogP contribution in [0.15, 0.2) is 20.0 Å². The van der Waals surface area contributed by atoms with Crippen LogP contribution < -0.4 is 0 Å². The molecule has 0 spiro atoms. The van der Waals surface area contributed by atoms with Gasteiger partial charge in [0.2, 0.25) is 0 Å². The quantitative estimate of drug-likeness (QED) is 0.468. The summed E-state index contributed by atoms with van der Waals surface area (Å²) < 4.78 is 0. The van der Waals surface area contributed by atoms with Crippen molar-refractivity contribution in [2.45, 2.75) is 4.87 Å². The van der Waals surface area contributed by atoms with Gasteiger partial charge in [-0.3, -0.25) is 0 Å². The van der Waals surface area contributed by atoms with Gasteiger partial charge in [-0.1, -0.05) is 0 Å². The SMILES string of the molecule is O.SC12C=NC=NC1=NC=N2. The zero-order chi connectivity index (χ0) is 7.03. The monoisotopic (exact) mass is 170 g/mol. The predicted molar refractivity (Wildman–Crippen MR) is 48.2 cm³/mol. The predicted octanol–water partition coefficient (Wildman–Crippen LogP) is -0.659. The molecule has 0 aromatic heterocycles. The second kappa shape index (κ2) is 2.55. The highest BCUT2D eigenvalue weighted by molar-refractivity contribution is 7.83. The molecule has 11 heavy (non-hydrogen) atoms. The van der Waals surface area contributed by atoms with E-state index in [9.17, 15) is 0 Å². The summed E-state index contributed by atoms with van der Waals surface area (Å²) in [7, 11) is 0. The summed E-state index contributed by atoms with van der Waals surface area (Å²) in [6, 6.07) is 0. The van der Waals surface area contributed by atoms with Crippen molar-refractivity contribution >= 4 is 37.4 Å². The summed E-state index contributed by atoms with van der Waals surface area (Å²) in [5.74, 6) is 0.589. The van der Waals surface area contributed by atoms with Gasteiger partial charge in [-0.25, -0.2) is 20.0 Å². The average molecular weight is 170 g/mol. The van der Waals surface area contributed by atoms with Crippen molar-refractivity contribution < 1.29 is 5.48 Å². The van der Waals surface area contributed by atoms with E-state index in [4.69, 9.17) is 0 Å².